The highest BCUT2D eigenvalue weighted by atomic mass is 19.1. The summed E-state index contributed by atoms with van der Waals surface area (Å²) in [6.07, 6.45) is -0.208. The summed E-state index contributed by atoms with van der Waals surface area (Å²) in [6, 6.07) is 17.6. The van der Waals surface area contributed by atoms with Crippen LogP contribution in [0.4, 0.5) is 14.5 Å². The van der Waals surface area contributed by atoms with Crippen molar-refractivity contribution in [3.05, 3.63) is 102 Å². The van der Waals surface area contributed by atoms with Crippen LogP contribution in [0.1, 0.15) is 35.3 Å². The first-order chi connectivity index (χ1) is 15.4. The number of nitrogens with zero attached hydrogens (tertiary/aromatic N) is 2. The highest BCUT2D eigenvalue weighted by Crippen LogP contribution is 2.32. The van der Waals surface area contributed by atoms with Crippen molar-refractivity contribution in [3.8, 4) is 0 Å². The summed E-state index contributed by atoms with van der Waals surface area (Å²) in [5, 5.41) is 0. The molecule has 0 spiro atoms. The standard InChI is InChI=1S/C25H20F2N2O3/c1-16(17-5-3-2-4-6-17)28(24(31)18-7-9-19(26)10-8-18)22-15-23(30)29(25(22)32)21-13-11-20(27)12-14-21/h2-14,16,22H,15H2,1H3. The van der Waals surface area contributed by atoms with Gasteiger partial charge in [-0.3, -0.25) is 14.4 Å². The molecule has 1 aliphatic rings. The Hall–Kier alpha value is -3.87. The molecule has 3 aromatic carbocycles. The van der Waals surface area contributed by atoms with Crippen molar-refractivity contribution in [1.82, 2.24) is 4.90 Å². The molecule has 7 heteroatoms. The monoisotopic (exact) mass is 434 g/mol. The smallest absolute Gasteiger partial charge is 0.257 e. The number of halogens is 2. The number of hydrogen-bond acceptors (Lipinski definition) is 3. The Morgan fingerprint density at radius 1 is 0.906 bits per heavy atom. The third kappa shape index (κ3) is 4.01. The number of carbonyl (C=O) groups excluding carboxylic acids is 3. The summed E-state index contributed by atoms with van der Waals surface area (Å²) in [4.78, 5) is 41.9. The fourth-order valence-electron chi connectivity index (χ4n) is 3.92. The van der Waals surface area contributed by atoms with Crippen LogP contribution in [0.3, 0.4) is 0 Å². The molecule has 2 unspecified atom stereocenters. The lowest BCUT2D eigenvalue weighted by Crippen LogP contribution is -2.46. The molecule has 3 aromatic rings. The van der Waals surface area contributed by atoms with E-state index in [4.69, 9.17) is 0 Å². The summed E-state index contributed by atoms with van der Waals surface area (Å²) in [5.41, 5.74) is 1.23. The molecule has 0 aromatic heterocycles. The van der Waals surface area contributed by atoms with E-state index in [1.807, 2.05) is 30.3 Å². The molecule has 0 bridgehead atoms. The Morgan fingerprint density at radius 2 is 1.47 bits per heavy atom. The summed E-state index contributed by atoms with van der Waals surface area (Å²) in [6.45, 7) is 1.77. The number of anilines is 1. The lowest BCUT2D eigenvalue weighted by Gasteiger charge is -2.33. The zero-order chi connectivity index (χ0) is 22.8. The van der Waals surface area contributed by atoms with E-state index in [2.05, 4.69) is 0 Å². The molecule has 5 nitrogen and oxygen atoms in total. The van der Waals surface area contributed by atoms with Gasteiger partial charge in [-0.1, -0.05) is 30.3 Å². The van der Waals surface area contributed by atoms with Gasteiger partial charge in [0, 0.05) is 5.56 Å². The van der Waals surface area contributed by atoms with E-state index in [1.54, 1.807) is 6.92 Å². The quantitative estimate of drug-likeness (QED) is 0.556. The van der Waals surface area contributed by atoms with Gasteiger partial charge in [-0.15, -0.1) is 0 Å². The zero-order valence-corrected chi connectivity index (χ0v) is 17.2. The van der Waals surface area contributed by atoms with Crippen LogP contribution in [0.5, 0.6) is 0 Å². The van der Waals surface area contributed by atoms with E-state index in [1.165, 1.54) is 41.3 Å². The highest BCUT2D eigenvalue weighted by Gasteiger charge is 2.46. The van der Waals surface area contributed by atoms with Gasteiger partial charge in [0.15, 0.2) is 0 Å². The number of amides is 3. The van der Waals surface area contributed by atoms with Gasteiger partial charge >= 0.3 is 0 Å². The molecule has 1 fully saturated rings. The second-order valence-corrected chi connectivity index (χ2v) is 7.57. The molecule has 0 saturated carbocycles. The van der Waals surface area contributed by atoms with Crippen LogP contribution in [-0.4, -0.2) is 28.7 Å². The lowest BCUT2D eigenvalue weighted by molar-refractivity contribution is -0.122. The zero-order valence-electron chi connectivity index (χ0n) is 17.2. The molecule has 1 aliphatic heterocycles. The van der Waals surface area contributed by atoms with E-state index in [0.29, 0.717) is 0 Å². The Morgan fingerprint density at radius 3 is 2.06 bits per heavy atom. The minimum Gasteiger partial charge on any atom is -0.319 e. The van der Waals surface area contributed by atoms with Crippen LogP contribution >= 0.6 is 0 Å². The predicted molar refractivity (Wildman–Crippen MR) is 115 cm³/mol. The molecule has 1 heterocycles. The fraction of sp³-hybridized carbons (Fsp3) is 0.160. The number of rotatable bonds is 5. The van der Waals surface area contributed by atoms with E-state index >= 15 is 0 Å². The molecule has 162 valence electrons. The van der Waals surface area contributed by atoms with Crippen LogP contribution in [-0.2, 0) is 9.59 Å². The Labute approximate surface area is 183 Å². The lowest BCUT2D eigenvalue weighted by atomic mass is 10.0. The minimum atomic E-state index is -1.06. The largest absolute Gasteiger partial charge is 0.319 e. The van der Waals surface area contributed by atoms with Crippen molar-refractivity contribution in [2.45, 2.75) is 25.4 Å². The topological polar surface area (TPSA) is 57.7 Å². The van der Waals surface area contributed by atoms with Crippen molar-refractivity contribution in [2.75, 3.05) is 4.90 Å². The molecule has 4 rings (SSSR count). The van der Waals surface area contributed by atoms with Crippen molar-refractivity contribution >= 4 is 23.4 Å². The van der Waals surface area contributed by atoms with Crippen molar-refractivity contribution in [3.63, 3.8) is 0 Å². The van der Waals surface area contributed by atoms with Gasteiger partial charge in [0.2, 0.25) is 5.91 Å². The molecule has 2 atom stereocenters. The van der Waals surface area contributed by atoms with Gasteiger partial charge in [0.25, 0.3) is 11.8 Å². The molecule has 0 radical (unpaired) electrons. The summed E-state index contributed by atoms with van der Waals surface area (Å²) >= 11 is 0. The average molecular weight is 434 g/mol. The first-order valence-electron chi connectivity index (χ1n) is 10.1. The molecule has 3 amide bonds. The summed E-state index contributed by atoms with van der Waals surface area (Å²) in [5.74, 6) is -2.52. The van der Waals surface area contributed by atoms with Crippen LogP contribution in [0.15, 0.2) is 78.9 Å². The maximum atomic E-state index is 13.5. The van der Waals surface area contributed by atoms with Crippen molar-refractivity contribution < 1.29 is 23.2 Å². The van der Waals surface area contributed by atoms with E-state index in [9.17, 15) is 23.2 Å². The predicted octanol–water partition coefficient (Wildman–Crippen LogP) is 4.50. The van der Waals surface area contributed by atoms with Gasteiger partial charge in [-0.05, 0) is 61.0 Å². The molecule has 0 aliphatic carbocycles. The first kappa shape index (κ1) is 21.4. The first-order valence-corrected chi connectivity index (χ1v) is 10.1. The molecular weight excluding hydrogens is 414 g/mol. The second kappa shape index (κ2) is 8.70. The maximum absolute atomic E-state index is 13.5. The summed E-state index contributed by atoms with van der Waals surface area (Å²) < 4.78 is 26.7. The number of benzene rings is 3. The Balaban J connectivity index is 1.73. The molecule has 1 saturated heterocycles. The van der Waals surface area contributed by atoms with Crippen LogP contribution in [0, 0.1) is 11.6 Å². The van der Waals surface area contributed by atoms with E-state index < -0.39 is 41.4 Å². The second-order valence-electron chi connectivity index (χ2n) is 7.57. The summed E-state index contributed by atoms with van der Waals surface area (Å²) in [7, 11) is 0. The molecule has 32 heavy (non-hydrogen) atoms. The van der Waals surface area contributed by atoms with Crippen LogP contribution in [0.25, 0.3) is 0 Å². The van der Waals surface area contributed by atoms with Gasteiger partial charge in [-0.2, -0.15) is 0 Å². The molecular formula is C25H20F2N2O3. The third-order valence-corrected chi connectivity index (χ3v) is 5.57. The minimum absolute atomic E-state index is 0.203. The normalized spacial score (nSPS) is 16.8. The Kier molecular flexibility index (Phi) is 5.81. The molecule has 0 N–H and O–H groups in total. The van der Waals surface area contributed by atoms with Crippen molar-refractivity contribution in [1.29, 1.82) is 0 Å². The Bertz CT molecular complexity index is 1150. The fourth-order valence-corrected chi connectivity index (χ4v) is 3.92. The van der Waals surface area contributed by atoms with Crippen LogP contribution in [0.2, 0.25) is 0 Å². The van der Waals surface area contributed by atoms with Gasteiger partial charge in [0.05, 0.1) is 18.2 Å². The maximum Gasteiger partial charge on any atom is 0.257 e. The van der Waals surface area contributed by atoms with E-state index in [-0.39, 0.29) is 17.7 Å². The number of carbonyl (C=O) groups is 3. The third-order valence-electron chi connectivity index (χ3n) is 5.57. The highest BCUT2D eigenvalue weighted by molar-refractivity contribution is 6.23. The van der Waals surface area contributed by atoms with Gasteiger partial charge < -0.3 is 4.90 Å². The van der Waals surface area contributed by atoms with E-state index in [0.717, 1.165) is 22.6 Å². The number of imide groups is 1. The van der Waals surface area contributed by atoms with Gasteiger partial charge in [0.1, 0.15) is 17.7 Å². The number of hydrogen-bond donors (Lipinski definition) is 0. The average Bonchev–Trinajstić information content (AvgIpc) is 3.09. The van der Waals surface area contributed by atoms with Crippen LogP contribution < -0.4 is 4.90 Å². The van der Waals surface area contributed by atoms with Crippen molar-refractivity contribution in [2.24, 2.45) is 0 Å². The SMILES string of the molecule is CC(c1ccccc1)N(C(=O)c1ccc(F)cc1)C1CC(=O)N(c2ccc(F)cc2)C1=O. The van der Waals surface area contributed by atoms with Gasteiger partial charge in [-0.25, -0.2) is 13.7 Å².